The highest BCUT2D eigenvalue weighted by molar-refractivity contribution is 7.85. The van der Waals surface area contributed by atoms with Crippen molar-refractivity contribution in [2.24, 2.45) is 4.40 Å². The Morgan fingerprint density at radius 1 is 1.19 bits per heavy atom. The smallest absolute Gasteiger partial charge is 0.338 e. The standard InChI is InChI=1S/C16H23NO3S/c1-15(2,3)20-14(18)13-9-7-8-12(10-13)11-17-21(19)16(4,5)6/h7-11H,1-6H3/b17-11+. The van der Waals surface area contributed by atoms with Crippen molar-refractivity contribution in [2.75, 3.05) is 0 Å². The average Bonchev–Trinajstić information content (AvgIpc) is 2.33. The van der Waals surface area contributed by atoms with Crippen molar-refractivity contribution in [1.29, 1.82) is 0 Å². The van der Waals surface area contributed by atoms with Crippen LogP contribution in [0.4, 0.5) is 0 Å². The summed E-state index contributed by atoms with van der Waals surface area (Å²) >= 11 is 0. The largest absolute Gasteiger partial charge is 0.456 e. The van der Waals surface area contributed by atoms with Crippen molar-refractivity contribution < 1.29 is 13.7 Å². The van der Waals surface area contributed by atoms with E-state index in [2.05, 4.69) is 4.40 Å². The summed E-state index contributed by atoms with van der Waals surface area (Å²) in [6.07, 6.45) is 1.52. The number of esters is 1. The van der Waals surface area contributed by atoms with Crippen molar-refractivity contribution in [3.8, 4) is 0 Å². The maximum Gasteiger partial charge on any atom is 0.338 e. The molecule has 0 aromatic heterocycles. The third-order valence-electron chi connectivity index (χ3n) is 2.34. The van der Waals surface area contributed by atoms with Gasteiger partial charge in [0.1, 0.15) is 16.6 Å². The van der Waals surface area contributed by atoms with Gasteiger partial charge in [0.25, 0.3) is 0 Å². The van der Waals surface area contributed by atoms with Gasteiger partial charge < -0.3 is 4.74 Å². The predicted molar refractivity (Wildman–Crippen MR) is 87.1 cm³/mol. The second kappa shape index (κ2) is 6.52. The summed E-state index contributed by atoms with van der Waals surface area (Å²) in [4.78, 5) is 12.0. The summed E-state index contributed by atoms with van der Waals surface area (Å²) in [6.45, 7) is 11.0. The van der Waals surface area contributed by atoms with Gasteiger partial charge in [0, 0.05) is 6.21 Å². The molecule has 0 bridgehead atoms. The quantitative estimate of drug-likeness (QED) is 0.634. The molecule has 1 aromatic carbocycles. The number of rotatable bonds is 3. The molecule has 0 amide bonds. The predicted octanol–water partition coefficient (Wildman–Crippen LogP) is 3.52. The molecule has 0 radical (unpaired) electrons. The number of ether oxygens (including phenoxy) is 1. The van der Waals surface area contributed by atoms with Crippen LogP contribution in [0, 0.1) is 0 Å². The third kappa shape index (κ3) is 6.21. The van der Waals surface area contributed by atoms with Gasteiger partial charge in [-0.15, -0.1) is 0 Å². The Kier molecular flexibility index (Phi) is 5.45. The zero-order chi connectivity index (χ0) is 16.3. The first-order valence-corrected chi connectivity index (χ1v) is 7.89. The van der Waals surface area contributed by atoms with Gasteiger partial charge in [-0.1, -0.05) is 12.1 Å². The average molecular weight is 309 g/mol. The number of carbonyl (C=O) groups is 1. The minimum atomic E-state index is -1.32. The van der Waals surface area contributed by atoms with E-state index in [1.165, 1.54) is 6.21 Å². The fourth-order valence-electron chi connectivity index (χ4n) is 1.35. The van der Waals surface area contributed by atoms with Gasteiger partial charge >= 0.3 is 5.97 Å². The molecule has 4 nitrogen and oxygen atoms in total. The highest BCUT2D eigenvalue weighted by Gasteiger charge is 2.19. The number of carbonyl (C=O) groups excluding carboxylic acids is 1. The molecule has 0 fully saturated rings. The van der Waals surface area contributed by atoms with E-state index in [9.17, 15) is 9.00 Å². The van der Waals surface area contributed by atoms with E-state index in [1.54, 1.807) is 24.3 Å². The van der Waals surface area contributed by atoms with Gasteiger partial charge in [-0.3, -0.25) is 0 Å². The number of benzene rings is 1. The Bertz CT molecular complexity index is 566. The first-order valence-electron chi connectivity index (χ1n) is 6.78. The summed E-state index contributed by atoms with van der Waals surface area (Å²) in [6, 6.07) is 6.92. The fraction of sp³-hybridized carbons (Fsp3) is 0.500. The van der Waals surface area contributed by atoms with Crippen LogP contribution in [-0.2, 0) is 15.7 Å². The van der Waals surface area contributed by atoms with Crippen LogP contribution < -0.4 is 0 Å². The zero-order valence-electron chi connectivity index (χ0n) is 13.5. The molecular formula is C16H23NO3S. The molecule has 21 heavy (non-hydrogen) atoms. The lowest BCUT2D eigenvalue weighted by atomic mass is 10.1. The van der Waals surface area contributed by atoms with E-state index in [0.717, 1.165) is 5.56 Å². The molecule has 1 atom stereocenters. The van der Waals surface area contributed by atoms with Crippen molar-refractivity contribution in [3.63, 3.8) is 0 Å². The Morgan fingerprint density at radius 2 is 1.81 bits per heavy atom. The second-order valence-corrected chi connectivity index (χ2v) is 8.66. The highest BCUT2D eigenvalue weighted by Crippen LogP contribution is 2.14. The molecule has 0 spiro atoms. The van der Waals surface area contributed by atoms with E-state index in [1.807, 2.05) is 41.5 Å². The number of hydrogen-bond donors (Lipinski definition) is 0. The van der Waals surface area contributed by atoms with E-state index >= 15 is 0 Å². The summed E-state index contributed by atoms with van der Waals surface area (Å²) < 4.78 is 20.8. The lowest BCUT2D eigenvalue weighted by Gasteiger charge is -2.19. The second-order valence-electron chi connectivity index (χ2n) is 6.72. The van der Waals surface area contributed by atoms with Crippen molar-refractivity contribution >= 4 is 23.2 Å². The maximum absolute atomic E-state index is 12.0. The van der Waals surface area contributed by atoms with E-state index < -0.39 is 21.3 Å². The molecule has 5 heteroatoms. The third-order valence-corrected chi connectivity index (χ3v) is 3.69. The monoisotopic (exact) mass is 309 g/mol. The van der Waals surface area contributed by atoms with Crippen molar-refractivity contribution in [3.05, 3.63) is 35.4 Å². The topological polar surface area (TPSA) is 55.7 Å². The SMILES string of the molecule is CC(C)(C)OC(=O)c1cccc(/C=N/S(=O)C(C)(C)C)c1. The van der Waals surface area contributed by atoms with Gasteiger partial charge in [-0.05, 0) is 59.2 Å². The Morgan fingerprint density at radius 3 is 2.33 bits per heavy atom. The summed E-state index contributed by atoms with van der Waals surface area (Å²) in [5, 5.41) is 0. The molecule has 0 saturated heterocycles. The lowest BCUT2D eigenvalue weighted by molar-refractivity contribution is 0.00695. The van der Waals surface area contributed by atoms with Gasteiger partial charge in [0.05, 0.1) is 10.3 Å². The first kappa shape index (κ1) is 17.6. The van der Waals surface area contributed by atoms with Crippen LogP contribution >= 0.6 is 0 Å². The molecule has 0 aliphatic carbocycles. The van der Waals surface area contributed by atoms with Crippen LogP contribution in [0.2, 0.25) is 0 Å². The maximum atomic E-state index is 12.0. The van der Waals surface area contributed by atoms with E-state index in [4.69, 9.17) is 4.74 Å². The van der Waals surface area contributed by atoms with E-state index in [0.29, 0.717) is 5.56 Å². The lowest BCUT2D eigenvalue weighted by Crippen LogP contribution is -2.23. The molecular weight excluding hydrogens is 286 g/mol. The van der Waals surface area contributed by atoms with Crippen LogP contribution in [0.3, 0.4) is 0 Å². The molecule has 0 N–H and O–H groups in total. The highest BCUT2D eigenvalue weighted by atomic mass is 32.2. The van der Waals surface area contributed by atoms with E-state index in [-0.39, 0.29) is 5.97 Å². The molecule has 116 valence electrons. The van der Waals surface area contributed by atoms with Gasteiger partial charge in [-0.25, -0.2) is 9.00 Å². The molecule has 1 rings (SSSR count). The van der Waals surface area contributed by atoms with Crippen LogP contribution in [0.25, 0.3) is 0 Å². The van der Waals surface area contributed by atoms with Crippen molar-refractivity contribution in [1.82, 2.24) is 0 Å². The number of nitrogens with zero attached hydrogens (tertiary/aromatic N) is 1. The Hall–Kier alpha value is -1.49. The van der Waals surface area contributed by atoms with Crippen LogP contribution in [0.1, 0.15) is 57.5 Å². The van der Waals surface area contributed by atoms with Gasteiger partial charge in [0.2, 0.25) is 0 Å². The molecule has 0 aliphatic heterocycles. The summed E-state index contributed by atoms with van der Waals surface area (Å²) in [5.74, 6) is -0.380. The normalized spacial score (nSPS) is 14.2. The minimum Gasteiger partial charge on any atom is -0.456 e. The van der Waals surface area contributed by atoms with Crippen LogP contribution in [0.15, 0.2) is 28.7 Å². The van der Waals surface area contributed by atoms with Crippen molar-refractivity contribution in [2.45, 2.75) is 51.9 Å². The number of hydrogen-bond acceptors (Lipinski definition) is 3. The Balaban J connectivity index is 2.89. The Labute approximate surface area is 129 Å². The zero-order valence-corrected chi connectivity index (χ0v) is 14.3. The first-order chi connectivity index (χ1) is 9.49. The molecule has 0 heterocycles. The summed E-state index contributed by atoms with van der Waals surface area (Å²) in [7, 11) is -1.32. The minimum absolute atomic E-state index is 0.380. The molecule has 1 unspecified atom stereocenters. The summed E-state index contributed by atoms with van der Waals surface area (Å²) in [5.41, 5.74) is 0.640. The van der Waals surface area contributed by atoms with Crippen LogP contribution in [0.5, 0.6) is 0 Å². The van der Waals surface area contributed by atoms with Gasteiger partial charge in [-0.2, -0.15) is 4.40 Å². The van der Waals surface area contributed by atoms with Gasteiger partial charge in [0.15, 0.2) is 0 Å². The molecule has 1 aromatic rings. The fourth-order valence-corrected chi connectivity index (χ4v) is 1.88. The van der Waals surface area contributed by atoms with Crippen LogP contribution in [-0.4, -0.2) is 26.7 Å². The molecule has 0 saturated carbocycles. The molecule has 0 aliphatic rings.